The van der Waals surface area contributed by atoms with Crippen LogP contribution in [0.3, 0.4) is 0 Å². The Kier molecular flexibility index (Phi) is 3.67. The summed E-state index contributed by atoms with van der Waals surface area (Å²) in [6.07, 6.45) is 1.56. The predicted octanol–water partition coefficient (Wildman–Crippen LogP) is 0.123. The zero-order valence-electron chi connectivity index (χ0n) is 8.01. The number of hydrogen-bond acceptors (Lipinski definition) is 4. The number of nitrogens with zero attached hydrogens (tertiary/aromatic N) is 1. The number of rotatable bonds is 5. The fourth-order valence-corrected chi connectivity index (χ4v) is 1.23. The molecule has 0 aliphatic rings. The number of carbonyl (C=O) groups is 1. The largest absolute Gasteiger partial charge is 0.480 e. The van der Waals surface area contributed by atoms with Crippen LogP contribution < -0.4 is 5.73 Å². The molecular weight excluding hydrogens is 184 g/mol. The molecule has 5 heteroatoms. The van der Waals surface area contributed by atoms with Crippen LogP contribution in [0.15, 0.2) is 22.8 Å². The smallest absolute Gasteiger partial charge is 0.322 e. The van der Waals surface area contributed by atoms with Crippen molar-refractivity contribution in [3.63, 3.8) is 0 Å². The van der Waals surface area contributed by atoms with E-state index >= 15 is 0 Å². The third-order valence-corrected chi connectivity index (χ3v) is 2.03. The molecule has 0 radical (unpaired) electrons. The molecule has 0 saturated heterocycles. The van der Waals surface area contributed by atoms with Crippen LogP contribution in [-0.4, -0.2) is 35.6 Å². The molecule has 0 spiro atoms. The quantitative estimate of drug-likeness (QED) is 0.702. The first kappa shape index (κ1) is 10.7. The van der Waals surface area contributed by atoms with Crippen LogP contribution in [0, 0.1) is 0 Å². The monoisotopic (exact) mass is 198 g/mol. The number of carboxylic acids is 1. The minimum absolute atomic E-state index is 0.0898. The Bertz CT molecular complexity index is 284. The van der Waals surface area contributed by atoms with Gasteiger partial charge in [0.15, 0.2) is 0 Å². The lowest BCUT2D eigenvalue weighted by atomic mass is 10.2. The van der Waals surface area contributed by atoms with Crippen molar-refractivity contribution in [3.8, 4) is 0 Å². The van der Waals surface area contributed by atoms with Crippen LogP contribution in [0.2, 0.25) is 0 Å². The van der Waals surface area contributed by atoms with Crippen molar-refractivity contribution in [1.29, 1.82) is 0 Å². The van der Waals surface area contributed by atoms with Gasteiger partial charge in [0.05, 0.1) is 12.8 Å². The molecule has 78 valence electrons. The maximum atomic E-state index is 10.7. The molecule has 0 aliphatic heterocycles. The van der Waals surface area contributed by atoms with Crippen molar-refractivity contribution in [2.45, 2.75) is 12.6 Å². The van der Waals surface area contributed by atoms with Gasteiger partial charge in [-0.1, -0.05) is 0 Å². The van der Waals surface area contributed by atoms with Crippen molar-refractivity contribution in [1.82, 2.24) is 4.90 Å². The summed E-state index contributed by atoms with van der Waals surface area (Å²) in [5.74, 6) is -0.186. The molecular formula is C9H14N2O3. The molecule has 5 nitrogen and oxygen atoms in total. The molecule has 1 atom stereocenters. The molecule has 3 N–H and O–H groups in total. The van der Waals surface area contributed by atoms with Gasteiger partial charge in [-0.3, -0.25) is 9.69 Å². The van der Waals surface area contributed by atoms with E-state index in [0.717, 1.165) is 5.76 Å². The molecule has 0 aliphatic carbocycles. The molecule has 1 heterocycles. The SMILES string of the molecule is CN(Cc1ccco1)C(CN)C(=O)O. The summed E-state index contributed by atoms with van der Waals surface area (Å²) < 4.78 is 5.10. The fraction of sp³-hybridized carbons (Fsp3) is 0.444. The van der Waals surface area contributed by atoms with E-state index in [0.29, 0.717) is 6.54 Å². The Morgan fingerprint density at radius 3 is 2.93 bits per heavy atom. The molecule has 0 saturated carbocycles. The van der Waals surface area contributed by atoms with Gasteiger partial charge in [-0.15, -0.1) is 0 Å². The maximum Gasteiger partial charge on any atom is 0.322 e. The first-order valence-electron chi connectivity index (χ1n) is 4.30. The zero-order valence-corrected chi connectivity index (χ0v) is 8.01. The predicted molar refractivity (Wildman–Crippen MR) is 50.7 cm³/mol. The zero-order chi connectivity index (χ0) is 10.6. The summed E-state index contributed by atoms with van der Waals surface area (Å²) in [7, 11) is 1.70. The third-order valence-electron chi connectivity index (χ3n) is 2.03. The molecule has 0 aromatic carbocycles. The second-order valence-corrected chi connectivity index (χ2v) is 3.08. The number of nitrogens with two attached hydrogens (primary N) is 1. The Labute approximate surface area is 82.1 Å². The first-order chi connectivity index (χ1) is 6.65. The Morgan fingerprint density at radius 2 is 2.50 bits per heavy atom. The van der Waals surface area contributed by atoms with Gasteiger partial charge < -0.3 is 15.3 Å². The van der Waals surface area contributed by atoms with E-state index in [1.807, 2.05) is 0 Å². The lowest BCUT2D eigenvalue weighted by Gasteiger charge is -2.21. The molecule has 14 heavy (non-hydrogen) atoms. The van der Waals surface area contributed by atoms with Gasteiger partial charge in [0, 0.05) is 6.54 Å². The number of hydrogen-bond donors (Lipinski definition) is 2. The van der Waals surface area contributed by atoms with Gasteiger partial charge in [0.1, 0.15) is 11.8 Å². The van der Waals surface area contributed by atoms with Gasteiger partial charge in [0.25, 0.3) is 0 Å². The van der Waals surface area contributed by atoms with E-state index in [2.05, 4.69) is 0 Å². The molecule has 1 aromatic rings. The van der Waals surface area contributed by atoms with E-state index in [4.69, 9.17) is 15.3 Å². The summed E-state index contributed by atoms with van der Waals surface area (Å²) in [5.41, 5.74) is 5.35. The minimum Gasteiger partial charge on any atom is -0.480 e. The summed E-state index contributed by atoms with van der Waals surface area (Å²) in [6.45, 7) is 0.535. The van der Waals surface area contributed by atoms with E-state index in [1.165, 1.54) is 0 Å². The number of likely N-dealkylation sites (N-methyl/N-ethyl adjacent to an activating group) is 1. The lowest BCUT2D eigenvalue weighted by Crippen LogP contribution is -2.43. The lowest BCUT2D eigenvalue weighted by molar-refractivity contribution is -0.142. The summed E-state index contributed by atoms with van der Waals surface area (Å²) >= 11 is 0. The Morgan fingerprint density at radius 1 is 1.79 bits per heavy atom. The van der Waals surface area contributed by atoms with Crippen molar-refractivity contribution in [2.24, 2.45) is 5.73 Å². The van der Waals surface area contributed by atoms with E-state index in [-0.39, 0.29) is 6.54 Å². The fourth-order valence-electron chi connectivity index (χ4n) is 1.23. The molecule has 0 fully saturated rings. The van der Waals surface area contributed by atoms with E-state index in [1.54, 1.807) is 30.3 Å². The van der Waals surface area contributed by atoms with Crippen LogP contribution in [0.1, 0.15) is 5.76 Å². The summed E-state index contributed by atoms with van der Waals surface area (Å²) in [4.78, 5) is 12.4. The Hall–Kier alpha value is -1.33. The maximum absolute atomic E-state index is 10.7. The van der Waals surface area contributed by atoms with Crippen molar-refractivity contribution in [3.05, 3.63) is 24.2 Å². The molecule has 1 rings (SSSR count). The molecule has 1 aromatic heterocycles. The summed E-state index contributed by atoms with van der Waals surface area (Å²) in [5, 5.41) is 8.82. The molecule has 1 unspecified atom stereocenters. The van der Waals surface area contributed by atoms with E-state index in [9.17, 15) is 4.79 Å². The highest BCUT2D eigenvalue weighted by Gasteiger charge is 2.21. The van der Waals surface area contributed by atoms with Crippen molar-refractivity contribution >= 4 is 5.97 Å². The van der Waals surface area contributed by atoms with Gasteiger partial charge in [-0.25, -0.2) is 0 Å². The topological polar surface area (TPSA) is 79.7 Å². The van der Waals surface area contributed by atoms with Crippen LogP contribution >= 0.6 is 0 Å². The first-order valence-corrected chi connectivity index (χ1v) is 4.30. The van der Waals surface area contributed by atoms with Crippen molar-refractivity contribution in [2.75, 3.05) is 13.6 Å². The second-order valence-electron chi connectivity index (χ2n) is 3.08. The van der Waals surface area contributed by atoms with Crippen LogP contribution in [0.5, 0.6) is 0 Å². The van der Waals surface area contributed by atoms with Gasteiger partial charge >= 0.3 is 5.97 Å². The van der Waals surface area contributed by atoms with Crippen LogP contribution in [0.4, 0.5) is 0 Å². The highest BCUT2D eigenvalue weighted by Crippen LogP contribution is 2.06. The molecule has 0 bridgehead atoms. The van der Waals surface area contributed by atoms with E-state index < -0.39 is 12.0 Å². The number of carboxylic acid groups (broad SMARTS) is 1. The average molecular weight is 198 g/mol. The minimum atomic E-state index is -0.915. The van der Waals surface area contributed by atoms with Gasteiger partial charge in [-0.05, 0) is 19.2 Å². The van der Waals surface area contributed by atoms with Gasteiger partial charge in [-0.2, -0.15) is 0 Å². The van der Waals surface area contributed by atoms with Crippen LogP contribution in [0.25, 0.3) is 0 Å². The highest BCUT2D eigenvalue weighted by atomic mass is 16.4. The highest BCUT2D eigenvalue weighted by molar-refractivity contribution is 5.73. The normalized spacial score (nSPS) is 13.1. The standard InChI is InChI=1S/C9H14N2O3/c1-11(8(5-10)9(12)13)6-7-3-2-4-14-7/h2-4,8H,5-6,10H2,1H3,(H,12,13). The van der Waals surface area contributed by atoms with Gasteiger partial charge in [0.2, 0.25) is 0 Å². The second kappa shape index (κ2) is 4.78. The van der Waals surface area contributed by atoms with Crippen molar-refractivity contribution < 1.29 is 14.3 Å². The molecule has 0 amide bonds. The summed E-state index contributed by atoms with van der Waals surface area (Å²) in [6, 6.07) is 2.90. The number of aliphatic carboxylic acids is 1. The Balaban J connectivity index is 2.56. The third kappa shape index (κ3) is 2.58. The average Bonchev–Trinajstić information content (AvgIpc) is 2.57. The van der Waals surface area contributed by atoms with Crippen LogP contribution in [-0.2, 0) is 11.3 Å². The number of furan rings is 1.